The Morgan fingerprint density at radius 1 is 1.03 bits per heavy atom. The number of ether oxygens (including phenoxy) is 2. The molecule has 0 atom stereocenters. The molecule has 0 saturated carbocycles. The van der Waals surface area contributed by atoms with Crippen molar-refractivity contribution in [3.63, 3.8) is 0 Å². The number of pyridine rings is 1. The highest BCUT2D eigenvalue weighted by atomic mass is 16.6. The van der Waals surface area contributed by atoms with Crippen molar-refractivity contribution in [3.05, 3.63) is 65.0 Å². The number of rotatable bonds is 13. The van der Waals surface area contributed by atoms with Crippen molar-refractivity contribution in [3.8, 4) is 11.5 Å². The number of benzene rings is 1. The fraction of sp³-hybridized carbons (Fsp3) is 0.462. The molecule has 0 aliphatic heterocycles. The van der Waals surface area contributed by atoms with E-state index in [1.807, 2.05) is 50.4 Å². The predicted octanol–water partition coefficient (Wildman–Crippen LogP) is 6.21. The minimum atomic E-state index is 0.595. The molecule has 31 heavy (non-hydrogen) atoms. The number of aromatic nitrogens is 1. The average Bonchev–Trinajstić information content (AvgIpc) is 2.75. The topological polar surface area (TPSA) is 52.9 Å². The number of oxime groups is 1. The number of hydrogen-bond donors (Lipinski definition) is 0. The van der Waals surface area contributed by atoms with E-state index in [4.69, 9.17) is 14.3 Å². The van der Waals surface area contributed by atoms with Gasteiger partial charge in [0.05, 0.1) is 12.3 Å². The lowest BCUT2D eigenvalue weighted by atomic mass is 10.1. The van der Waals surface area contributed by atoms with Crippen LogP contribution in [0.25, 0.3) is 0 Å². The van der Waals surface area contributed by atoms with Gasteiger partial charge in [0.1, 0.15) is 30.9 Å². The monoisotopic (exact) mass is 424 g/mol. The average molecular weight is 425 g/mol. The lowest BCUT2D eigenvalue weighted by Gasteiger charge is -2.14. The van der Waals surface area contributed by atoms with E-state index in [2.05, 4.69) is 30.1 Å². The molecule has 0 fully saturated rings. The number of aryl methyl sites for hydroxylation is 3. The Bertz CT molecular complexity index is 834. The summed E-state index contributed by atoms with van der Waals surface area (Å²) in [5.74, 6) is 1.88. The number of unbranched alkanes of at least 4 members (excludes halogenated alkanes) is 3. The molecule has 1 aromatic carbocycles. The lowest BCUT2D eigenvalue weighted by Crippen LogP contribution is -2.02. The molecule has 0 amide bonds. The van der Waals surface area contributed by atoms with Gasteiger partial charge < -0.3 is 14.3 Å². The molecule has 0 aliphatic rings. The summed E-state index contributed by atoms with van der Waals surface area (Å²) in [5, 5.41) is 3.91. The van der Waals surface area contributed by atoms with Crippen LogP contribution in [0.15, 0.2) is 47.8 Å². The Kier molecular flexibility index (Phi) is 10.6. The molecule has 5 nitrogen and oxygen atoms in total. The zero-order valence-electron chi connectivity index (χ0n) is 19.6. The second-order valence-electron chi connectivity index (χ2n) is 7.69. The summed E-state index contributed by atoms with van der Waals surface area (Å²) in [4.78, 5) is 9.25. The molecule has 0 saturated heterocycles. The van der Waals surface area contributed by atoms with Crippen LogP contribution >= 0.6 is 0 Å². The van der Waals surface area contributed by atoms with E-state index in [0.717, 1.165) is 66.3 Å². The summed E-state index contributed by atoms with van der Waals surface area (Å²) in [7, 11) is 1.55. The maximum absolute atomic E-state index is 6.07. The van der Waals surface area contributed by atoms with Crippen molar-refractivity contribution in [1.29, 1.82) is 0 Å². The van der Waals surface area contributed by atoms with Crippen LogP contribution in [-0.2, 0) is 11.3 Å². The molecule has 0 N–H and O–H groups in total. The van der Waals surface area contributed by atoms with Gasteiger partial charge in [-0.2, -0.15) is 0 Å². The van der Waals surface area contributed by atoms with Crippen molar-refractivity contribution >= 4 is 5.71 Å². The molecule has 168 valence electrons. The van der Waals surface area contributed by atoms with E-state index < -0.39 is 0 Å². The van der Waals surface area contributed by atoms with Gasteiger partial charge >= 0.3 is 0 Å². The summed E-state index contributed by atoms with van der Waals surface area (Å²) in [5.41, 5.74) is 5.14. The van der Waals surface area contributed by atoms with Crippen LogP contribution in [0.2, 0.25) is 0 Å². The fourth-order valence-corrected chi connectivity index (χ4v) is 3.39. The summed E-state index contributed by atoms with van der Waals surface area (Å²) < 4.78 is 11.8. The molecule has 1 aromatic heterocycles. The second-order valence-corrected chi connectivity index (χ2v) is 7.69. The van der Waals surface area contributed by atoms with E-state index in [9.17, 15) is 0 Å². The van der Waals surface area contributed by atoms with Gasteiger partial charge in [-0.25, -0.2) is 0 Å². The molecule has 0 spiro atoms. The van der Waals surface area contributed by atoms with Gasteiger partial charge in [0.25, 0.3) is 0 Å². The Labute approximate surface area is 187 Å². The van der Waals surface area contributed by atoms with Crippen LogP contribution in [0.5, 0.6) is 11.5 Å². The van der Waals surface area contributed by atoms with Gasteiger partial charge in [-0.05, 0) is 81.8 Å². The molecular formula is C26H36N2O3. The van der Waals surface area contributed by atoms with Crippen LogP contribution in [-0.4, -0.2) is 31.0 Å². The first-order chi connectivity index (χ1) is 15.0. The SMILES string of the molecule is C/C=C/COc1cc(C)c(OCCCCCCc2ccc(C(C)=NOC)nc2)c(C)c1. The van der Waals surface area contributed by atoms with Gasteiger partial charge in [-0.1, -0.05) is 36.2 Å². The summed E-state index contributed by atoms with van der Waals surface area (Å²) in [6.07, 6.45) is 11.5. The highest BCUT2D eigenvalue weighted by molar-refractivity contribution is 5.96. The Balaban J connectivity index is 1.67. The zero-order chi connectivity index (χ0) is 22.5. The molecular weight excluding hydrogens is 388 g/mol. The first-order valence-corrected chi connectivity index (χ1v) is 11.1. The molecule has 0 bridgehead atoms. The van der Waals surface area contributed by atoms with E-state index in [0.29, 0.717) is 6.61 Å². The molecule has 0 radical (unpaired) electrons. The van der Waals surface area contributed by atoms with Crippen LogP contribution in [0.3, 0.4) is 0 Å². The highest BCUT2D eigenvalue weighted by Crippen LogP contribution is 2.28. The van der Waals surface area contributed by atoms with Gasteiger partial charge in [0.15, 0.2) is 0 Å². The third-order valence-electron chi connectivity index (χ3n) is 5.05. The summed E-state index contributed by atoms with van der Waals surface area (Å²) in [6, 6.07) is 8.22. The number of hydrogen-bond acceptors (Lipinski definition) is 5. The maximum Gasteiger partial charge on any atom is 0.125 e. The molecule has 2 rings (SSSR count). The highest BCUT2D eigenvalue weighted by Gasteiger charge is 2.07. The fourth-order valence-electron chi connectivity index (χ4n) is 3.39. The van der Waals surface area contributed by atoms with Crippen molar-refractivity contribution in [2.75, 3.05) is 20.3 Å². The lowest BCUT2D eigenvalue weighted by molar-refractivity contribution is 0.213. The first-order valence-electron chi connectivity index (χ1n) is 11.1. The van der Waals surface area contributed by atoms with Crippen LogP contribution in [0.4, 0.5) is 0 Å². The van der Waals surface area contributed by atoms with E-state index >= 15 is 0 Å². The smallest absolute Gasteiger partial charge is 0.125 e. The van der Waals surface area contributed by atoms with Crippen molar-refractivity contribution in [2.45, 2.75) is 59.8 Å². The van der Waals surface area contributed by atoms with Crippen molar-refractivity contribution in [2.24, 2.45) is 5.16 Å². The maximum atomic E-state index is 6.07. The first kappa shape index (κ1) is 24.4. The molecule has 1 heterocycles. The van der Waals surface area contributed by atoms with Gasteiger partial charge in [0.2, 0.25) is 0 Å². The van der Waals surface area contributed by atoms with Gasteiger partial charge in [-0.15, -0.1) is 0 Å². The van der Waals surface area contributed by atoms with Crippen LogP contribution in [0, 0.1) is 13.8 Å². The minimum Gasteiger partial charge on any atom is -0.493 e. The number of nitrogens with zero attached hydrogens (tertiary/aromatic N) is 2. The molecule has 0 aliphatic carbocycles. The molecule has 0 unspecified atom stereocenters. The van der Waals surface area contributed by atoms with Crippen molar-refractivity contribution in [1.82, 2.24) is 4.98 Å². The Morgan fingerprint density at radius 2 is 1.77 bits per heavy atom. The van der Waals surface area contributed by atoms with E-state index in [-0.39, 0.29) is 0 Å². The van der Waals surface area contributed by atoms with E-state index in [1.54, 1.807) is 7.11 Å². The van der Waals surface area contributed by atoms with Crippen LogP contribution in [0.1, 0.15) is 61.9 Å². The third kappa shape index (κ3) is 8.44. The summed E-state index contributed by atoms with van der Waals surface area (Å²) in [6.45, 7) is 9.38. The largest absolute Gasteiger partial charge is 0.493 e. The Morgan fingerprint density at radius 3 is 2.42 bits per heavy atom. The van der Waals surface area contributed by atoms with Crippen molar-refractivity contribution < 1.29 is 14.3 Å². The third-order valence-corrected chi connectivity index (χ3v) is 5.05. The molecule has 5 heteroatoms. The van der Waals surface area contributed by atoms with Gasteiger partial charge in [0, 0.05) is 6.20 Å². The quantitative estimate of drug-likeness (QED) is 0.166. The van der Waals surface area contributed by atoms with Gasteiger partial charge in [-0.3, -0.25) is 4.98 Å². The number of allylic oxidation sites excluding steroid dienone is 1. The zero-order valence-corrected chi connectivity index (χ0v) is 19.6. The minimum absolute atomic E-state index is 0.595. The normalized spacial score (nSPS) is 11.7. The Hall–Kier alpha value is -2.82. The standard InChI is InChI=1S/C26H36N2O3/c1-6-7-15-30-24-17-20(2)26(21(3)18-24)31-16-11-9-8-10-12-23-13-14-25(27-19-23)22(4)28-29-5/h6-7,13-14,17-19H,8-12,15-16H2,1-5H3/b7-6+,28-22?. The van der Waals surface area contributed by atoms with Crippen LogP contribution < -0.4 is 9.47 Å². The molecule has 2 aromatic rings. The van der Waals surface area contributed by atoms with E-state index in [1.165, 1.54) is 12.0 Å². The second kappa shape index (κ2) is 13.5. The summed E-state index contributed by atoms with van der Waals surface area (Å²) >= 11 is 0. The predicted molar refractivity (Wildman–Crippen MR) is 127 cm³/mol.